The van der Waals surface area contributed by atoms with Crippen molar-refractivity contribution in [1.29, 1.82) is 0 Å². The maximum absolute atomic E-state index is 11.0. The monoisotopic (exact) mass is 394 g/mol. The van der Waals surface area contributed by atoms with E-state index in [4.69, 9.17) is 0 Å². The molecular weight excluding hydrogens is 364 g/mol. The van der Waals surface area contributed by atoms with E-state index in [1.165, 1.54) is 26.6 Å². The van der Waals surface area contributed by atoms with E-state index < -0.39 is 5.60 Å². The van der Waals surface area contributed by atoms with Crippen LogP contribution in [0, 0.1) is 0 Å². The third kappa shape index (κ3) is 4.09. The number of dihydropyridines is 1. The number of piperidine rings is 1. The molecule has 3 heterocycles. The molecule has 1 saturated heterocycles. The molecule has 28 heavy (non-hydrogen) atoms. The van der Waals surface area contributed by atoms with Gasteiger partial charge < -0.3 is 10.4 Å². The molecule has 4 rings (SSSR count). The second-order valence-electron chi connectivity index (χ2n) is 7.99. The van der Waals surface area contributed by atoms with Crippen LogP contribution in [0.1, 0.15) is 48.4 Å². The van der Waals surface area contributed by atoms with E-state index >= 15 is 0 Å². The lowest BCUT2D eigenvalue weighted by Crippen LogP contribution is -2.42. The van der Waals surface area contributed by atoms with Gasteiger partial charge in [0.05, 0.1) is 5.60 Å². The molecule has 2 N–H and O–H groups in total. The molecule has 2 aliphatic rings. The van der Waals surface area contributed by atoms with Gasteiger partial charge in [0, 0.05) is 47.2 Å². The van der Waals surface area contributed by atoms with E-state index in [9.17, 15) is 5.11 Å². The van der Waals surface area contributed by atoms with E-state index in [1.54, 1.807) is 0 Å². The van der Waals surface area contributed by atoms with E-state index in [-0.39, 0.29) is 0 Å². The van der Waals surface area contributed by atoms with Gasteiger partial charge in [-0.2, -0.15) is 0 Å². The smallest absolute Gasteiger partial charge is 0.0920 e. The molecule has 0 aliphatic carbocycles. The Morgan fingerprint density at radius 1 is 1.11 bits per heavy atom. The molecule has 4 heteroatoms. The summed E-state index contributed by atoms with van der Waals surface area (Å²) in [6.45, 7) is 8.21. The van der Waals surface area contributed by atoms with Crippen LogP contribution in [0.25, 0.3) is 5.57 Å². The SMILES string of the molecule is CCC1=CC(c2ccc(CN3CCC(O)(c4ccccc4)CC3)s2)=C(C)NC1. The zero-order chi connectivity index (χ0) is 19.6. The lowest BCUT2D eigenvalue weighted by Gasteiger charge is -2.38. The normalized spacial score (nSPS) is 20.0. The highest BCUT2D eigenvalue weighted by molar-refractivity contribution is 7.13. The van der Waals surface area contributed by atoms with Crippen LogP contribution in [-0.2, 0) is 12.1 Å². The highest BCUT2D eigenvalue weighted by atomic mass is 32.1. The zero-order valence-electron chi connectivity index (χ0n) is 16.9. The van der Waals surface area contributed by atoms with Crippen LogP contribution in [0.4, 0.5) is 0 Å². The lowest BCUT2D eigenvalue weighted by atomic mass is 9.84. The lowest BCUT2D eigenvalue weighted by molar-refractivity contribution is -0.0275. The summed E-state index contributed by atoms with van der Waals surface area (Å²) in [6.07, 6.45) is 5.06. The van der Waals surface area contributed by atoms with Crippen molar-refractivity contribution in [3.05, 3.63) is 75.1 Å². The summed E-state index contributed by atoms with van der Waals surface area (Å²) in [5, 5.41) is 14.6. The molecule has 0 spiro atoms. The van der Waals surface area contributed by atoms with Crippen LogP contribution >= 0.6 is 11.3 Å². The number of hydrogen-bond donors (Lipinski definition) is 2. The summed E-state index contributed by atoms with van der Waals surface area (Å²) in [5.74, 6) is 0. The van der Waals surface area contributed by atoms with Crippen molar-refractivity contribution in [3.8, 4) is 0 Å². The molecule has 1 fully saturated rings. The molecule has 148 valence electrons. The Bertz CT molecular complexity index is 873. The number of thiophene rings is 1. The highest BCUT2D eigenvalue weighted by Gasteiger charge is 2.33. The van der Waals surface area contributed by atoms with Crippen molar-refractivity contribution in [2.75, 3.05) is 19.6 Å². The quantitative estimate of drug-likeness (QED) is 0.757. The predicted octanol–water partition coefficient (Wildman–Crippen LogP) is 4.90. The first-order chi connectivity index (χ1) is 13.6. The minimum absolute atomic E-state index is 0.671. The minimum Gasteiger partial charge on any atom is -0.385 e. The number of allylic oxidation sites excluding steroid dienone is 3. The fourth-order valence-electron chi connectivity index (χ4n) is 4.13. The van der Waals surface area contributed by atoms with Gasteiger partial charge in [0.15, 0.2) is 0 Å². The average molecular weight is 395 g/mol. The number of nitrogens with zero attached hydrogens (tertiary/aromatic N) is 1. The van der Waals surface area contributed by atoms with Crippen LogP contribution in [0.3, 0.4) is 0 Å². The number of nitrogens with one attached hydrogen (secondary N) is 1. The van der Waals surface area contributed by atoms with Gasteiger partial charge in [-0.15, -0.1) is 11.3 Å². The number of likely N-dealkylation sites (tertiary alicyclic amines) is 1. The fraction of sp³-hybridized carbons (Fsp3) is 0.417. The Labute approximate surface area is 172 Å². The number of rotatable bonds is 5. The van der Waals surface area contributed by atoms with Crippen molar-refractivity contribution in [1.82, 2.24) is 10.2 Å². The van der Waals surface area contributed by atoms with Crippen molar-refractivity contribution < 1.29 is 5.11 Å². The standard InChI is InChI=1S/C24H30N2OS/c1-3-19-15-22(18(2)25-16-19)23-10-9-21(28-23)17-26-13-11-24(27,12-14-26)20-7-5-4-6-8-20/h4-10,15,25,27H,3,11-14,16-17H2,1-2H3. The molecule has 3 nitrogen and oxygen atoms in total. The second-order valence-corrected chi connectivity index (χ2v) is 9.16. The van der Waals surface area contributed by atoms with E-state index in [1.807, 2.05) is 41.7 Å². The maximum atomic E-state index is 11.0. The molecule has 1 aromatic carbocycles. The highest BCUT2D eigenvalue weighted by Crippen LogP contribution is 2.35. The maximum Gasteiger partial charge on any atom is 0.0920 e. The van der Waals surface area contributed by atoms with Gasteiger partial charge in [0.1, 0.15) is 0 Å². The molecular formula is C24H30N2OS. The number of benzene rings is 1. The summed E-state index contributed by atoms with van der Waals surface area (Å²) in [5.41, 5.74) is 4.47. The summed E-state index contributed by atoms with van der Waals surface area (Å²) in [4.78, 5) is 5.22. The van der Waals surface area contributed by atoms with Crippen molar-refractivity contribution in [2.45, 2.75) is 45.3 Å². The van der Waals surface area contributed by atoms with Crippen LogP contribution in [0.15, 0.2) is 59.8 Å². The first-order valence-electron chi connectivity index (χ1n) is 10.3. The second kappa shape index (κ2) is 8.24. The summed E-state index contributed by atoms with van der Waals surface area (Å²) < 4.78 is 0. The molecule has 0 amide bonds. The third-order valence-corrected chi connectivity index (χ3v) is 7.19. The van der Waals surface area contributed by atoms with Crippen molar-refractivity contribution in [2.24, 2.45) is 0 Å². The largest absolute Gasteiger partial charge is 0.385 e. The summed E-state index contributed by atoms with van der Waals surface area (Å²) in [6, 6.07) is 14.7. The molecule has 0 radical (unpaired) electrons. The first kappa shape index (κ1) is 19.4. The number of hydrogen-bond acceptors (Lipinski definition) is 4. The van der Waals surface area contributed by atoms with E-state index in [2.05, 4.69) is 42.3 Å². The molecule has 2 aliphatic heterocycles. The molecule has 0 unspecified atom stereocenters. The molecule has 0 bridgehead atoms. The zero-order valence-corrected chi connectivity index (χ0v) is 17.7. The topological polar surface area (TPSA) is 35.5 Å². The molecule has 0 saturated carbocycles. The van der Waals surface area contributed by atoms with Gasteiger partial charge in [-0.1, -0.05) is 48.9 Å². The van der Waals surface area contributed by atoms with Gasteiger partial charge in [-0.05, 0) is 43.9 Å². The van der Waals surface area contributed by atoms with Crippen LogP contribution in [0.2, 0.25) is 0 Å². The Kier molecular flexibility index (Phi) is 5.72. The minimum atomic E-state index is -0.671. The number of aliphatic hydroxyl groups is 1. The van der Waals surface area contributed by atoms with Gasteiger partial charge in [0.2, 0.25) is 0 Å². The van der Waals surface area contributed by atoms with Gasteiger partial charge in [-0.3, -0.25) is 4.90 Å². The molecule has 2 aromatic rings. The predicted molar refractivity (Wildman–Crippen MR) is 118 cm³/mol. The van der Waals surface area contributed by atoms with Crippen molar-refractivity contribution >= 4 is 16.9 Å². The molecule has 1 aromatic heterocycles. The molecule has 0 atom stereocenters. The Morgan fingerprint density at radius 2 is 1.86 bits per heavy atom. The van der Waals surface area contributed by atoms with E-state index in [0.29, 0.717) is 0 Å². The van der Waals surface area contributed by atoms with Gasteiger partial charge >= 0.3 is 0 Å². The third-order valence-electron chi connectivity index (χ3n) is 6.09. The Balaban J connectivity index is 1.40. The van der Waals surface area contributed by atoms with Gasteiger partial charge in [0.25, 0.3) is 0 Å². The summed E-state index contributed by atoms with van der Waals surface area (Å²) >= 11 is 1.90. The van der Waals surface area contributed by atoms with Gasteiger partial charge in [-0.25, -0.2) is 0 Å². The van der Waals surface area contributed by atoms with Crippen LogP contribution in [0.5, 0.6) is 0 Å². The van der Waals surface area contributed by atoms with Crippen LogP contribution < -0.4 is 5.32 Å². The Hall–Kier alpha value is -1.88. The first-order valence-corrected chi connectivity index (χ1v) is 11.1. The van der Waals surface area contributed by atoms with Crippen LogP contribution in [-0.4, -0.2) is 29.6 Å². The average Bonchev–Trinajstić information content (AvgIpc) is 3.19. The Morgan fingerprint density at radius 3 is 2.57 bits per heavy atom. The fourth-order valence-corrected chi connectivity index (χ4v) is 5.26. The van der Waals surface area contributed by atoms with Crippen molar-refractivity contribution in [3.63, 3.8) is 0 Å². The summed E-state index contributed by atoms with van der Waals surface area (Å²) in [7, 11) is 0. The van der Waals surface area contributed by atoms with E-state index in [0.717, 1.165) is 51.0 Å².